The van der Waals surface area contributed by atoms with E-state index in [1.807, 2.05) is 43.3 Å². The lowest BCUT2D eigenvalue weighted by Crippen LogP contribution is -2.02. The zero-order valence-electron chi connectivity index (χ0n) is 16.7. The molecule has 152 valence electrons. The highest BCUT2D eigenvalue weighted by Gasteiger charge is 2.17. The molecule has 8 heteroatoms. The summed E-state index contributed by atoms with van der Waals surface area (Å²) in [4.78, 5) is 11.8. The summed E-state index contributed by atoms with van der Waals surface area (Å²) in [5.41, 5.74) is 2.91. The zero-order valence-corrected chi connectivity index (χ0v) is 16.7. The molecular formula is C24H13N5O3. The molecular weight excluding hydrogens is 406 g/mol. The van der Waals surface area contributed by atoms with Crippen LogP contribution in [0, 0.1) is 29.6 Å². The van der Waals surface area contributed by atoms with Crippen LogP contribution < -0.4 is 10.4 Å². The predicted molar refractivity (Wildman–Crippen MR) is 116 cm³/mol. The first-order chi connectivity index (χ1) is 15.6. The van der Waals surface area contributed by atoms with Gasteiger partial charge in [-0.25, -0.2) is 9.48 Å². The summed E-state index contributed by atoms with van der Waals surface area (Å²) < 4.78 is 13.0. The van der Waals surface area contributed by atoms with Crippen molar-refractivity contribution in [2.24, 2.45) is 0 Å². The minimum absolute atomic E-state index is 0.166. The van der Waals surface area contributed by atoms with Crippen LogP contribution in [0.1, 0.15) is 16.7 Å². The Labute approximate surface area is 181 Å². The topological polar surface area (TPSA) is 118 Å². The molecule has 3 aromatic carbocycles. The first-order valence-electron chi connectivity index (χ1n) is 9.59. The number of hydrogen-bond donors (Lipinski definition) is 0. The van der Waals surface area contributed by atoms with Crippen molar-refractivity contribution in [1.82, 2.24) is 15.0 Å². The highest BCUT2D eigenvalue weighted by Crippen LogP contribution is 2.33. The fraction of sp³-hybridized carbons (Fsp3) is 0.0417. The molecule has 0 saturated heterocycles. The quantitative estimate of drug-likeness (QED) is 0.398. The van der Waals surface area contributed by atoms with Gasteiger partial charge in [-0.15, -0.1) is 5.10 Å². The molecule has 0 fully saturated rings. The highest BCUT2D eigenvalue weighted by atomic mass is 16.5. The molecule has 5 aromatic rings. The highest BCUT2D eigenvalue weighted by molar-refractivity contribution is 5.81. The van der Waals surface area contributed by atoms with Crippen molar-refractivity contribution in [2.45, 2.75) is 6.92 Å². The van der Waals surface area contributed by atoms with Crippen LogP contribution in [0.25, 0.3) is 27.7 Å². The standard InChI is InChI=1S/C24H13N5O3/c1-14-8-24(30)32-22-11-17(6-7-18(14)22)31-23-10-16(13-26)15(12-25)9-21(23)29-20-5-3-2-4-19(20)27-28-29/h2-11H,1H3. The van der Waals surface area contributed by atoms with Crippen LogP contribution in [-0.2, 0) is 0 Å². The first kappa shape index (κ1) is 19.0. The number of nitriles is 2. The van der Waals surface area contributed by atoms with Crippen LogP contribution in [0.15, 0.2) is 69.9 Å². The maximum absolute atomic E-state index is 11.8. The Bertz CT molecular complexity index is 1670. The van der Waals surface area contributed by atoms with E-state index in [2.05, 4.69) is 10.3 Å². The molecule has 0 atom stereocenters. The summed E-state index contributed by atoms with van der Waals surface area (Å²) in [5.74, 6) is 0.691. The van der Waals surface area contributed by atoms with E-state index < -0.39 is 5.63 Å². The Morgan fingerprint density at radius 1 is 1.00 bits per heavy atom. The zero-order chi connectivity index (χ0) is 22.2. The van der Waals surface area contributed by atoms with Gasteiger partial charge >= 0.3 is 5.63 Å². The molecule has 32 heavy (non-hydrogen) atoms. The smallest absolute Gasteiger partial charge is 0.336 e. The van der Waals surface area contributed by atoms with Crippen LogP contribution in [0.4, 0.5) is 0 Å². The van der Waals surface area contributed by atoms with Crippen LogP contribution in [0.3, 0.4) is 0 Å². The maximum atomic E-state index is 11.8. The number of ether oxygens (including phenoxy) is 1. The van der Waals surface area contributed by atoms with Gasteiger partial charge in [0.05, 0.1) is 16.6 Å². The molecule has 0 amide bonds. The van der Waals surface area contributed by atoms with Gasteiger partial charge in [0.1, 0.15) is 34.7 Å². The summed E-state index contributed by atoms with van der Waals surface area (Å²) in [5, 5.41) is 28.2. The summed E-state index contributed by atoms with van der Waals surface area (Å²) in [6.07, 6.45) is 0. The largest absolute Gasteiger partial charge is 0.455 e. The molecule has 2 aromatic heterocycles. The third-order valence-electron chi connectivity index (χ3n) is 5.07. The van der Waals surface area contributed by atoms with Crippen LogP contribution in [0.5, 0.6) is 11.5 Å². The Hall–Kier alpha value is -4.95. The van der Waals surface area contributed by atoms with E-state index in [1.165, 1.54) is 12.1 Å². The van der Waals surface area contributed by atoms with Crippen molar-refractivity contribution in [1.29, 1.82) is 10.5 Å². The Kier molecular flexibility index (Phi) is 4.39. The van der Waals surface area contributed by atoms with Crippen LogP contribution in [-0.4, -0.2) is 15.0 Å². The molecule has 0 aliphatic rings. The SMILES string of the molecule is Cc1cc(=O)oc2cc(Oc3cc(C#N)c(C#N)cc3-n3nnc4ccccc43)ccc12. The second-order valence-electron chi connectivity index (χ2n) is 7.09. The van der Waals surface area contributed by atoms with Crippen molar-refractivity contribution in [3.8, 4) is 29.3 Å². The average Bonchev–Trinajstić information content (AvgIpc) is 3.22. The maximum Gasteiger partial charge on any atom is 0.336 e. The van der Waals surface area contributed by atoms with E-state index in [0.717, 1.165) is 10.9 Å². The lowest BCUT2D eigenvalue weighted by Gasteiger charge is -2.13. The minimum Gasteiger partial charge on any atom is -0.455 e. The lowest BCUT2D eigenvalue weighted by molar-refractivity contribution is 0.476. The third-order valence-corrected chi connectivity index (χ3v) is 5.07. The number of benzene rings is 3. The van der Waals surface area contributed by atoms with Gasteiger partial charge < -0.3 is 9.15 Å². The molecule has 0 spiro atoms. The summed E-state index contributed by atoms with van der Waals surface area (Å²) >= 11 is 0. The minimum atomic E-state index is -0.452. The molecule has 0 aliphatic carbocycles. The second-order valence-corrected chi connectivity index (χ2v) is 7.09. The Balaban J connectivity index is 1.70. The van der Waals surface area contributed by atoms with E-state index in [9.17, 15) is 15.3 Å². The van der Waals surface area contributed by atoms with Gasteiger partial charge in [0, 0.05) is 23.6 Å². The molecule has 0 N–H and O–H groups in total. The van der Waals surface area contributed by atoms with Crippen molar-refractivity contribution in [3.05, 3.63) is 87.8 Å². The molecule has 0 aliphatic heterocycles. The van der Waals surface area contributed by atoms with Crippen molar-refractivity contribution >= 4 is 22.0 Å². The molecule has 0 unspecified atom stereocenters. The molecule has 2 heterocycles. The summed E-state index contributed by atoms with van der Waals surface area (Å²) in [6, 6.07) is 21.0. The number of hydrogen-bond acceptors (Lipinski definition) is 7. The average molecular weight is 419 g/mol. The molecule has 5 rings (SSSR count). The Morgan fingerprint density at radius 2 is 1.78 bits per heavy atom. The van der Waals surface area contributed by atoms with Crippen LogP contribution >= 0.6 is 0 Å². The number of para-hydroxylation sites is 1. The van der Waals surface area contributed by atoms with Gasteiger partial charge in [0.15, 0.2) is 5.75 Å². The number of aromatic nitrogens is 3. The normalized spacial score (nSPS) is 10.7. The van der Waals surface area contributed by atoms with Gasteiger partial charge in [0.25, 0.3) is 0 Å². The van der Waals surface area contributed by atoms with E-state index >= 15 is 0 Å². The first-order valence-corrected chi connectivity index (χ1v) is 9.59. The van der Waals surface area contributed by atoms with Gasteiger partial charge in [-0.3, -0.25) is 0 Å². The van der Waals surface area contributed by atoms with Crippen molar-refractivity contribution < 1.29 is 9.15 Å². The van der Waals surface area contributed by atoms with Gasteiger partial charge in [-0.05, 0) is 42.8 Å². The van der Waals surface area contributed by atoms with Gasteiger partial charge in [-0.2, -0.15) is 10.5 Å². The van der Waals surface area contributed by atoms with E-state index in [-0.39, 0.29) is 11.1 Å². The van der Waals surface area contributed by atoms with Gasteiger partial charge in [0.2, 0.25) is 0 Å². The number of rotatable bonds is 3. The third kappa shape index (κ3) is 3.13. The lowest BCUT2D eigenvalue weighted by atomic mass is 10.1. The summed E-state index contributed by atoms with van der Waals surface area (Å²) in [7, 11) is 0. The molecule has 0 radical (unpaired) electrons. The van der Waals surface area contributed by atoms with E-state index in [0.29, 0.717) is 33.8 Å². The summed E-state index contributed by atoms with van der Waals surface area (Å²) in [6.45, 7) is 1.83. The molecule has 8 nitrogen and oxygen atoms in total. The fourth-order valence-corrected chi connectivity index (χ4v) is 3.54. The van der Waals surface area contributed by atoms with Crippen molar-refractivity contribution in [3.63, 3.8) is 0 Å². The monoisotopic (exact) mass is 419 g/mol. The fourth-order valence-electron chi connectivity index (χ4n) is 3.54. The predicted octanol–water partition coefficient (Wildman–Crippen LogP) is 4.37. The van der Waals surface area contributed by atoms with Crippen LogP contribution in [0.2, 0.25) is 0 Å². The molecule has 0 saturated carbocycles. The molecule has 0 bridgehead atoms. The number of fused-ring (bicyclic) bond motifs is 2. The number of nitrogens with zero attached hydrogens (tertiary/aromatic N) is 5. The van der Waals surface area contributed by atoms with E-state index in [4.69, 9.17) is 9.15 Å². The Morgan fingerprint density at radius 3 is 2.59 bits per heavy atom. The second kappa shape index (κ2) is 7.38. The number of aryl methyl sites for hydroxylation is 1. The van der Waals surface area contributed by atoms with Gasteiger partial charge in [-0.1, -0.05) is 17.3 Å². The van der Waals surface area contributed by atoms with Crippen molar-refractivity contribution in [2.75, 3.05) is 0 Å². The van der Waals surface area contributed by atoms with E-state index in [1.54, 1.807) is 28.9 Å².